The van der Waals surface area contributed by atoms with Crippen LogP contribution in [0.3, 0.4) is 0 Å². The summed E-state index contributed by atoms with van der Waals surface area (Å²) in [6.45, 7) is 8.18. The van der Waals surface area contributed by atoms with E-state index in [1.807, 2.05) is 13.8 Å². The van der Waals surface area contributed by atoms with Gasteiger partial charge in [-0.2, -0.15) is 0 Å². The van der Waals surface area contributed by atoms with Crippen molar-refractivity contribution in [2.75, 3.05) is 0 Å². The fraction of sp³-hybridized carbons (Fsp3) is 0.308. The molecule has 78 valence electrons. The SMILES string of the molecule is Cc1ccc(C)c(-c2onc(C)c2C)c1. The molecule has 0 saturated carbocycles. The molecule has 0 spiro atoms. The van der Waals surface area contributed by atoms with Crippen molar-refractivity contribution in [2.24, 2.45) is 0 Å². The molecule has 1 aromatic heterocycles. The molecule has 0 aliphatic rings. The molecule has 0 radical (unpaired) electrons. The summed E-state index contributed by atoms with van der Waals surface area (Å²) in [7, 11) is 0. The lowest BCUT2D eigenvalue weighted by Gasteiger charge is -2.04. The fourth-order valence-electron chi connectivity index (χ4n) is 1.65. The molecule has 1 heterocycles. The second-order valence-electron chi connectivity index (χ2n) is 4.04. The Kier molecular flexibility index (Phi) is 2.35. The van der Waals surface area contributed by atoms with Gasteiger partial charge in [-0.1, -0.05) is 22.9 Å². The zero-order chi connectivity index (χ0) is 11.0. The lowest BCUT2D eigenvalue weighted by molar-refractivity contribution is 0.426. The fourth-order valence-corrected chi connectivity index (χ4v) is 1.65. The molecule has 0 amide bonds. The van der Waals surface area contributed by atoms with Gasteiger partial charge in [0.2, 0.25) is 0 Å². The Morgan fingerprint density at radius 3 is 2.40 bits per heavy atom. The average Bonchev–Trinajstić information content (AvgIpc) is 2.52. The van der Waals surface area contributed by atoms with Gasteiger partial charge in [0.15, 0.2) is 5.76 Å². The van der Waals surface area contributed by atoms with Crippen LogP contribution in [-0.4, -0.2) is 5.16 Å². The molecule has 0 saturated heterocycles. The van der Waals surface area contributed by atoms with Gasteiger partial charge >= 0.3 is 0 Å². The summed E-state index contributed by atoms with van der Waals surface area (Å²) in [5, 5.41) is 3.99. The number of rotatable bonds is 1. The van der Waals surface area contributed by atoms with Crippen LogP contribution in [0.4, 0.5) is 0 Å². The van der Waals surface area contributed by atoms with Crippen LogP contribution in [0.2, 0.25) is 0 Å². The maximum Gasteiger partial charge on any atom is 0.170 e. The standard InChI is InChI=1S/C13H15NO/c1-8-5-6-9(2)12(7-8)13-10(3)11(4)14-15-13/h5-7H,1-4H3. The van der Waals surface area contributed by atoms with E-state index in [0.29, 0.717) is 0 Å². The van der Waals surface area contributed by atoms with Gasteiger partial charge < -0.3 is 4.52 Å². The zero-order valence-corrected chi connectivity index (χ0v) is 9.59. The van der Waals surface area contributed by atoms with E-state index in [1.165, 1.54) is 11.1 Å². The van der Waals surface area contributed by atoms with Gasteiger partial charge in [-0.15, -0.1) is 0 Å². The molecular formula is C13H15NO. The highest BCUT2D eigenvalue weighted by Crippen LogP contribution is 2.28. The zero-order valence-electron chi connectivity index (χ0n) is 9.59. The van der Waals surface area contributed by atoms with Crippen LogP contribution in [0.25, 0.3) is 11.3 Å². The van der Waals surface area contributed by atoms with E-state index < -0.39 is 0 Å². The van der Waals surface area contributed by atoms with Crippen LogP contribution in [0.1, 0.15) is 22.4 Å². The maximum atomic E-state index is 5.37. The first-order chi connectivity index (χ1) is 7.09. The van der Waals surface area contributed by atoms with Crippen molar-refractivity contribution in [1.82, 2.24) is 5.16 Å². The summed E-state index contributed by atoms with van der Waals surface area (Å²) in [5.41, 5.74) is 5.70. The first-order valence-corrected chi connectivity index (χ1v) is 5.10. The van der Waals surface area contributed by atoms with Gasteiger partial charge in [-0.3, -0.25) is 0 Å². The predicted molar refractivity (Wildman–Crippen MR) is 60.9 cm³/mol. The van der Waals surface area contributed by atoms with Crippen LogP contribution in [0.5, 0.6) is 0 Å². The van der Waals surface area contributed by atoms with Gasteiger partial charge in [0.25, 0.3) is 0 Å². The predicted octanol–water partition coefficient (Wildman–Crippen LogP) is 3.58. The number of hydrogen-bond donors (Lipinski definition) is 0. The Morgan fingerprint density at radius 1 is 1.07 bits per heavy atom. The average molecular weight is 201 g/mol. The van der Waals surface area contributed by atoms with E-state index in [4.69, 9.17) is 4.52 Å². The second kappa shape index (κ2) is 3.54. The molecule has 0 aliphatic heterocycles. The van der Waals surface area contributed by atoms with Crippen LogP contribution >= 0.6 is 0 Å². The van der Waals surface area contributed by atoms with E-state index in [-0.39, 0.29) is 0 Å². The van der Waals surface area contributed by atoms with E-state index >= 15 is 0 Å². The topological polar surface area (TPSA) is 26.0 Å². The van der Waals surface area contributed by atoms with Crippen LogP contribution in [0.15, 0.2) is 22.7 Å². The Morgan fingerprint density at radius 2 is 1.80 bits per heavy atom. The number of aromatic nitrogens is 1. The lowest BCUT2D eigenvalue weighted by Crippen LogP contribution is -1.85. The number of benzene rings is 1. The van der Waals surface area contributed by atoms with Crippen LogP contribution in [0, 0.1) is 27.7 Å². The van der Waals surface area contributed by atoms with Crippen molar-refractivity contribution in [3.63, 3.8) is 0 Å². The Hall–Kier alpha value is -1.57. The highest BCUT2D eigenvalue weighted by Gasteiger charge is 2.12. The quantitative estimate of drug-likeness (QED) is 0.704. The molecule has 1 aromatic carbocycles. The molecule has 0 bridgehead atoms. The number of nitrogens with zero attached hydrogens (tertiary/aromatic N) is 1. The monoisotopic (exact) mass is 201 g/mol. The van der Waals surface area contributed by atoms with Crippen molar-refractivity contribution < 1.29 is 4.52 Å². The maximum absolute atomic E-state index is 5.37. The van der Waals surface area contributed by atoms with Gasteiger partial charge in [-0.25, -0.2) is 0 Å². The number of aryl methyl sites for hydroxylation is 3. The Bertz CT molecular complexity index is 497. The molecule has 2 rings (SSSR count). The molecule has 2 nitrogen and oxygen atoms in total. The first-order valence-electron chi connectivity index (χ1n) is 5.10. The largest absolute Gasteiger partial charge is 0.356 e. The summed E-state index contributed by atoms with van der Waals surface area (Å²) >= 11 is 0. The van der Waals surface area contributed by atoms with Gasteiger partial charge in [0, 0.05) is 11.1 Å². The van der Waals surface area contributed by atoms with Crippen LogP contribution in [-0.2, 0) is 0 Å². The first kappa shape index (κ1) is 9.97. The van der Waals surface area contributed by atoms with Crippen LogP contribution < -0.4 is 0 Å². The molecule has 0 atom stereocenters. The summed E-state index contributed by atoms with van der Waals surface area (Å²) in [6.07, 6.45) is 0. The van der Waals surface area contributed by atoms with E-state index in [0.717, 1.165) is 22.6 Å². The van der Waals surface area contributed by atoms with E-state index in [2.05, 4.69) is 37.2 Å². The normalized spacial score (nSPS) is 10.7. The van der Waals surface area contributed by atoms with Gasteiger partial charge in [0.05, 0.1) is 5.69 Å². The molecular weight excluding hydrogens is 186 g/mol. The molecule has 2 aromatic rings. The summed E-state index contributed by atoms with van der Waals surface area (Å²) in [4.78, 5) is 0. The summed E-state index contributed by atoms with van der Waals surface area (Å²) in [6, 6.07) is 6.36. The Labute approximate surface area is 89.9 Å². The highest BCUT2D eigenvalue weighted by atomic mass is 16.5. The summed E-state index contributed by atoms with van der Waals surface area (Å²) < 4.78 is 5.37. The number of hydrogen-bond acceptors (Lipinski definition) is 2. The minimum atomic E-state index is 0.897. The summed E-state index contributed by atoms with van der Waals surface area (Å²) in [5.74, 6) is 0.897. The minimum absolute atomic E-state index is 0.897. The van der Waals surface area contributed by atoms with Crippen molar-refractivity contribution in [3.8, 4) is 11.3 Å². The Balaban J connectivity index is 2.63. The minimum Gasteiger partial charge on any atom is -0.356 e. The third-order valence-corrected chi connectivity index (χ3v) is 2.79. The van der Waals surface area contributed by atoms with E-state index in [9.17, 15) is 0 Å². The van der Waals surface area contributed by atoms with E-state index in [1.54, 1.807) is 0 Å². The molecule has 15 heavy (non-hydrogen) atoms. The van der Waals surface area contributed by atoms with Crippen molar-refractivity contribution in [2.45, 2.75) is 27.7 Å². The third kappa shape index (κ3) is 1.67. The molecule has 0 aliphatic carbocycles. The molecule has 0 unspecified atom stereocenters. The third-order valence-electron chi connectivity index (χ3n) is 2.79. The molecule has 0 fully saturated rings. The van der Waals surface area contributed by atoms with Gasteiger partial charge in [-0.05, 0) is 39.3 Å². The lowest BCUT2D eigenvalue weighted by atomic mass is 10.0. The smallest absolute Gasteiger partial charge is 0.170 e. The molecule has 0 N–H and O–H groups in total. The van der Waals surface area contributed by atoms with Crippen molar-refractivity contribution in [3.05, 3.63) is 40.6 Å². The van der Waals surface area contributed by atoms with Crippen molar-refractivity contribution in [1.29, 1.82) is 0 Å². The molecule has 2 heteroatoms. The van der Waals surface area contributed by atoms with Gasteiger partial charge in [0.1, 0.15) is 0 Å². The van der Waals surface area contributed by atoms with Crippen molar-refractivity contribution >= 4 is 0 Å². The second-order valence-corrected chi connectivity index (χ2v) is 4.04. The highest BCUT2D eigenvalue weighted by molar-refractivity contribution is 5.66.